The van der Waals surface area contributed by atoms with Crippen molar-refractivity contribution in [1.82, 2.24) is 0 Å². The topological polar surface area (TPSA) is 15.3 Å². The van der Waals surface area contributed by atoms with Gasteiger partial charge in [-0.25, -0.2) is 0 Å². The van der Waals surface area contributed by atoms with E-state index in [9.17, 15) is 0 Å². The molecular formula is C18H21ClN2. The molecule has 3 rings (SSSR count). The number of benzene rings is 2. The van der Waals surface area contributed by atoms with Crippen LogP contribution < -0.4 is 10.2 Å². The van der Waals surface area contributed by atoms with Gasteiger partial charge in [0.2, 0.25) is 0 Å². The van der Waals surface area contributed by atoms with Gasteiger partial charge in [0.15, 0.2) is 0 Å². The maximum absolute atomic E-state index is 6.23. The van der Waals surface area contributed by atoms with Gasteiger partial charge in [0.05, 0.1) is 10.7 Å². The molecule has 1 aliphatic heterocycles. The van der Waals surface area contributed by atoms with Gasteiger partial charge >= 0.3 is 0 Å². The largest absolute Gasteiger partial charge is 0.380 e. The van der Waals surface area contributed by atoms with Crippen molar-refractivity contribution in [2.45, 2.75) is 26.3 Å². The van der Waals surface area contributed by atoms with E-state index in [4.69, 9.17) is 11.6 Å². The molecule has 0 amide bonds. The van der Waals surface area contributed by atoms with E-state index in [-0.39, 0.29) is 0 Å². The third-order valence-electron chi connectivity index (χ3n) is 4.10. The Morgan fingerprint density at radius 2 is 2.05 bits per heavy atom. The van der Waals surface area contributed by atoms with E-state index < -0.39 is 0 Å². The predicted octanol–water partition coefficient (Wildman–Crippen LogP) is 4.64. The fraction of sp³-hybridized carbons (Fsp3) is 0.333. The van der Waals surface area contributed by atoms with Crippen molar-refractivity contribution < 1.29 is 0 Å². The Kier molecular flexibility index (Phi) is 4.07. The summed E-state index contributed by atoms with van der Waals surface area (Å²) in [6.07, 6.45) is 2.42. The highest BCUT2D eigenvalue weighted by Gasteiger charge is 2.13. The molecular weight excluding hydrogens is 280 g/mol. The molecule has 2 aromatic carbocycles. The Morgan fingerprint density at radius 3 is 2.90 bits per heavy atom. The van der Waals surface area contributed by atoms with Crippen LogP contribution in [0.4, 0.5) is 11.4 Å². The summed E-state index contributed by atoms with van der Waals surface area (Å²) in [4.78, 5) is 2.34. The maximum atomic E-state index is 6.23. The number of rotatable bonds is 3. The maximum Gasteiger partial charge on any atom is 0.0637 e. The van der Waals surface area contributed by atoms with Gasteiger partial charge in [-0.15, -0.1) is 0 Å². The number of anilines is 2. The van der Waals surface area contributed by atoms with E-state index in [1.807, 2.05) is 12.1 Å². The highest BCUT2D eigenvalue weighted by Crippen LogP contribution is 2.28. The molecule has 3 heteroatoms. The summed E-state index contributed by atoms with van der Waals surface area (Å²) in [5.74, 6) is 0. The van der Waals surface area contributed by atoms with Crippen molar-refractivity contribution in [3.8, 4) is 0 Å². The molecule has 0 saturated carbocycles. The molecule has 2 nitrogen and oxygen atoms in total. The molecule has 2 aromatic rings. The van der Waals surface area contributed by atoms with E-state index in [1.165, 1.54) is 35.2 Å². The van der Waals surface area contributed by atoms with Gasteiger partial charge in [0.25, 0.3) is 0 Å². The minimum atomic E-state index is 0.776. The minimum Gasteiger partial charge on any atom is -0.380 e. The third-order valence-corrected chi connectivity index (χ3v) is 4.43. The second kappa shape index (κ2) is 5.98. The molecule has 0 spiro atoms. The number of nitrogens with one attached hydrogen (secondary N) is 1. The van der Waals surface area contributed by atoms with Gasteiger partial charge in [-0.2, -0.15) is 0 Å². The molecule has 0 unspecified atom stereocenters. The predicted molar refractivity (Wildman–Crippen MR) is 91.5 cm³/mol. The lowest BCUT2D eigenvalue weighted by Crippen LogP contribution is -2.24. The van der Waals surface area contributed by atoms with Crippen molar-refractivity contribution in [3.05, 3.63) is 58.1 Å². The molecule has 0 radical (unpaired) electrons. The average molecular weight is 301 g/mol. The van der Waals surface area contributed by atoms with Gasteiger partial charge < -0.3 is 10.2 Å². The highest BCUT2D eigenvalue weighted by atomic mass is 35.5. The van der Waals surface area contributed by atoms with Crippen LogP contribution in [-0.4, -0.2) is 13.6 Å². The van der Waals surface area contributed by atoms with E-state index in [2.05, 4.69) is 48.5 Å². The number of halogens is 1. The normalized spacial score (nSPS) is 14.0. The molecule has 0 aromatic heterocycles. The zero-order valence-corrected chi connectivity index (χ0v) is 13.4. The van der Waals surface area contributed by atoms with Crippen molar-refractivity contribution in [2.75, 3.05) is 23.8 Å². The van der Waals surface area contributed by atoms with Gasteiger partial charge in [-0.05, 0) is 54.7 Å². The molecule has 1 N–H and O–H groups in total. The summed E-state index contributed by atoms with van der Waals surface area (Å²) in [6, 6.07) is 12.8. The number of hydrogen-bond acceptors (Lipinski definition) is 2. The summed E-state index contributed by atoms with van der Waals surface area (Å²) in [5, 5.41) is 4.22. The summed E-state index contributed by atoms with van der Waals surface area (Å²) in [5.41, 5.74) is 6.36. The first kappa shape index (κ1) is 14.3. The van der Waals surface area contributed by atoms with Crippen LogP contribution in [0.5, 0.6) is 0 Å². The van der Waals surface area contributed by atoms with Gasteiger partial charge in [0.1, 0.15) is 0 Å². The molecule has 1 heterocycles. The first-order valence-corrected chi connectivity index (χ1v) is 7.84. The van der Waals surface area contributed by atoms with Gasteiger partial charge in [-0.1, -0.05) is 29.8 Å². The van der Waals surface area contributed by atoms with E-state index in [1.54, 1.807) is 0 Å². The third kappa shape index (κ3) is 3.16. The Bertz CT molecular complexity index is 652. The Hall–Kier alpha value is -1.67. The van der Waals surface area contributed by atoms with Crippen LogP contribution in [0, 0.1) is 6.92 Å². The quantitative estimate of drug-likeness (QED) is 0.888. The molecule has 1 aliphatic rings. The van der Waals surface area contributed by atoms with Crippen molar-refractivity contribution in [3.63, 3.8) is 0 Å². The lowest BCUT2D eigenvalue weighted by Gasteiger charge is -2.28. The number of aryl methyl sites for hydroxylation is 2. The number of hydrogen-bond donors (Lipinski definition) is 1. The Morgan fingerprint density at radius 1 is 1.19 bits per heavy atom. The number of nitrogens with zero attached hydrogens (tertiary/aromatic N) is 1. The first-order chi connectivity index (χ1) is 10.1. The summed E-state index contributed by atoms with van der Waals surface area (Å²) < 4.78 is 0. The fourth-order valence-corrected chi connectivity index (χ4v) is 3.10. The van der Waals surface area contributed by atoms with Crippen LogP contribution in [0.25, 0.3) is 0 Å². The van der Waals surface area contributed by atoms with Crippen molar-refractivity contribution in [2.24, 2.45) is 0 Å². The summed E-state index contributed by atoms with van der Waals surface area (Å²) >= 11 is 6.23. The summed E-state index contributed by atoms with van der Waals surface area (Å²) in [6.45, 7) is 4.04. The van der Waals surface area contributed by atoms with Crippen LogP contribution >= 0.6 is 11.6 Å². The monoisotopic (exact) mass is 300 g/mol. The minimum absolute atomic E-state index is 0.776. The molecule has 110 valence electrons. The highest BCUT2D eigenvalue weighted by molar-refractivity contribution is 6.33. The second-order valence-electron chi connectivity index (χ2n) is 5.83. The second-order valence-corrected chi connectivity index (χ2v) is 6.23. The van der Waals surface area contributed by atoms with Crippen LogP contribution in [-0.2, 0) is 13.0 Å². The molecule has 21 heavy (non-hydrogen) atoms. The standard InChI is InChI=1S/C18H21ClN2/c1-13-5-7-16(19)17(10-13)20-12-14-6-8-18-15(11-14)4-3-9-21(18)2/h5-8,10-11,20H,3-4,9,12H2,1-2H3. The zero-order chi connectivity index (χ0) is 14.8. The Labute approximate surface area is 131 Å². The smallest absolute Gasteiger partial charge is 0.0637 e. The van der Waals surface area contributed by atoms with Gasteiger partial charge in [0, 0.05) is 25.8 Å². The van der Waals surface area contributed by atoms with Crippen molar-refractivity contribution in [1.29, 1.82) is 0 Å². The zero-order valence-electron chi connectivity index (χ0n) is 12.6. The number of fused-ring (bicyclic) bond motifs is 1. The first-order valence-electron chi connectivity index (χ1n) is 7.46. The molecule has 0 aliphatic carbocycles. The lowest BCUT2D eigenvalue weighted by atomic mass is 9.99. The van der Waals surface area contributed by atoms with E-state index in [0.717, 1.165) is 23.8 Å². The molecule has 0 saturated heterocycles. The molecule has 0 fully saturated rings. The fourth-order valence-electron chi connectivity index (χ4n) is 2.92. The van der Waals surface area contributed by atoms with E-state index in [0.29, 0.717) is 0 Å². The lowest BCUT2D eigenvalue weighted by molar-refractivity contribution is 0.743. The average Bonchev–Trinajstić information content (AvgIpc) is 2.48. The van der Waals surface area contributed by atoms with Crippen LogP contribution in [0.15, 0.2) is 36.4 Å². The van der Waals surface area contributed by atoms with Crippen molar-refractivity contribution >= 4 is 23.0 Å². The van der Waals surface area contributed by atoms with Gasteiger partial charge in [-0.3, -0.25) is 0 Å². The Balaban J connectivity index is 1.75. The summed E-state index contributed by atoms with van der Waals surface area (Å²) in [7, 11) is 2.17. The van der Waals surface area contributed by atoms with E-state index >= 15 is 0 Å². The van der Waals surface area contributed by atoms with Crippen LogP contribution in [0.3, 0.4) is 0 Å². The van der Waals surface area contributed by atoms with Crippen LogP contribution in [0.2, 0.25) is 5.02 Å². The molecule has 0 bridgehead atoms. The SMILES string of the molecule is Cc1ccc(Cl)c(NCc2ccc3c(c2)CCCN3C)c1. The molecule has 0 atom stereocenters. The van der Waals surface area contributed by atoms with Crippen LogP contribution in [0.1, 0.15) is 23.1 Å².